The molecule has 0 aliphatic carbocycles. The Morgan fingerprint density at radius 3 is 2.40 bits per heavy atom. The average Bonchev–Trinajstić information content (AvgIpc) is 2.29. The Morgan fingerprint density at radius 2 is 1.80 bits per heavy atom. The first kappa shape index (κ1) is 10.1. The van der Waals surface area contributed by atoms with Gasteiger partial charge in [0.1, 0.15) is 12.2 Å². The van der Waals surface area contributed by atoms with Crippen LogP contribution in [0.5, 0.6) is 0 Å². The van der Waals surface area contributed by atoms with E-state index >= 15 is 0 Å². The van der Waals surface area contributed by atoms with Gasteiger partial charge in [-0.05, 0) is 25.3 Å². The van der Waals surface area contributed by atoms with E-state index in [1.165, 1.54) is 4.90 Å². The highest BCUT2D eigenvalue weighted by molar-refractivity contribution is 7.98. The summed E-state index contributed by atoms with van der Waals surface area (Å²) in [4.78, 5) is 13.6. The highest BCUT2D eigenvalue weighted by atomic mass is 32.2. The summed E-state index contributed by atoms with van der Waals surface area (Å²) in [6, 6.07) is 8.19. The van der Waals surface area contributed by atoms with Crippen molar-refractivity contribution in [3.8, 4) is 11.4 Å². The molecule has 0 saturated carbocycles. The van der Waals surface area contributed by atoms with Gasteiger partial charge in [0.2, 0.25) is 0 Å². The molecule has 1 heterocycles. The molecule has 76 valence electrons. The zero-order valence-corrected chi connectivity index (χ0v) is 9.45. The van der Waals surface area contributed by atoms with Gasteiger partial charge in [-0.25, -0.2) is 15.0 Å². The lowest BCUT2D eigenvalue weighted by Gasteiger charge is -2.01. The van der Waals surface area contributed by atoms with Crippen LogP contribution in [0.25, 0.3) is 11.4 Å². The Hall–Kier alpha value is -1.42. The molecular formula is C11H11N3S. The first-order valence-corrected chi connectivity index (χ1v) is 5.82. The maximum atomic E-state index is 4.27. The lowest BCUT2D eigenvalue weighted by molar-refractivity contribution is 0.982. The number of thioether (sulfide) groups is 1. The van der Waals surface area contributed by atoms with Gasteiger partial charge >= 0.3 is 0 Å². The van der Waals surface area contributed by atoms with Crippen LogP contribution in [0.1, 0.15) is 5.82 Å². The van der Waals surface area contributed by atoms with Crippen molar-refractivity contribution in [3.05, 3.63) is 36.4 Å². The van der Waals surface area contributed by atoms with Crippen molar-refractivity contribution in [1.29, 1.82) is 0 Å². The first-order chi connectivity index (χ1) is 7.29. The van der Waals surface area contributed by atoms with Crippen LogP contribution in [0.4, 0.5) is 0 Å². The molecule has 0 aliphatic heterocycles. The van der Waals surface area contributed by atoms with E-state index in [0.29, 0.717) is 0 Å². The standard InChI is InChI=1S/C11H11N3S/c1-8-12-7-13-11(14-8)9-3-5-10(15-2)6-4-9/h3-7H,1-2H3. The van der Waals surface area contributed by atoms with Gasteiger partial charge in [0.15, 0.2) is 5.82 Å². The maximum absolute atomic E-state index is 4.27. The molecule has 0 unspecified atom stereocenters. The first-order valence-electron chi connectivity index (χ1n) is 4.59. The molecule has 0 fully saturated rings. The molecular weight excluding hydrogens is 206 g/mol. The number of rotatable bonds is 2. The molecule has 0 amide bonds. The molecule has 1 aromatic heterocycles. The number of aryl methyl sites for hydroxylation is 1. The SMILES string of the molecule is CSc1ccc(-c2ncnc(C)n2)cc1. The van der Waals surface area contributed by atoms with E-state index in [0.717, 1.165) is 17.2 Å². The lowest BCUT2D eigenvalue weighted by Crippen LogP contribution is -1.93. The summed E-state index contributed by atoms with van der Waals surface area (Å²) in [5.74, 6) is 1.48. The second kappa shape index (κ2) is 4.40. The predicted molar refractivity (Wildman–Crippen MR) is 61.8 cm³/mol. The molecule has 0 spiro atoms. The zero-order chi connectivity index (χ0) is 10.7. The molecule has 0 N–H and O–H groups in total. The molecule has 4 heteroatoms. The third-order valence-electron chi connectivity index (χ3n) is 2.04. The van der Waals surface area contributed by atoms with E-state index in [1.807, 2.05) is 19.1 Å². The lowest BCUT2D eigenvalue weighted by atomic mass is 10.2. The number of aromatic nitrogens is 3. The van der Waals surface area contributed by atoms with Crippen molar-refractivity contribution >= 4 is 11.8 Å². The molecule has 2 rings (SSSR count). The molecule has 2 aromatic rings. The van der Waals surface area contributed by atoms with E-state index in [-0.39, 0.29) is 0 Å². The van der Waals surface area contributed by atoms with Crippen LogP contribution in [0, 0.1) is 6.92 Å². The normalized spacial score (nSPS) is 10.3. The Labute approximate surface area is 93.0 Å². The summed E-state index contributed by atoms with van der Waals surface area (Å²) in [6.45, 7) is 1.86. The minimum atomic E-state index is 0.732. The Balaban J connectivity index is 2.37. The third-order valence-corrected chi connectivity index (χ3v) is 2.78. The van der Waals surface area contributed by atoms with Gasteiger partial charge in [0.05, 0.1) is 0 Å². The van der Waals surface area contributed by atoms with Crippen LogP contribution >= 0.6 is 11.8 Å². The second-order valence-corrected chi connectivity index (χ2v) is 3.96. The monoisotopic (exact) mass is 217 g/mol. The highest BCUT2D eigenvalue weighted by Crippen LogP contribution is 2.19. The van der Waals surface area contributed by atoms with Gasteiger partial charge in [0, 0.05) is 10.5 Å². The second-order valence-electron chi connectivity index (χ2n) is 3.08. The Kier molecular flexibility index (Phi) is 2.97. The highest BCUT2D eigenvalue weighted by Gasteiger charge is 2.01. The van der Waals surface area contributed by atoms with Crippen LogP contribution < -0.4 is 0 Å². The molecule has 0 aliphatic rings. The van der Waals surface area contributed by atoms with Gasteiger partial charge in [0.25, 0.3) is 0 Å². The summed E-state index contributed by atoms with van der Waals surface area (Å²) >= 11 is 1.72. The van der Waals surface area contributed by atoms with Crippen molar-refractivity contribution < 1.29 is 0 Å². The number of benzene rings is 1. The molecule has 15 heavy (non-hydrogen) atoms. The summed E-state index contributed by atoms with van der Waals surface area (Å²) in [7, 11) is 0. The van der Waals surface area contributed by atoms with Crippen LogP contribution in [0.3, 0.4) is 0 Å². The van der Waals surface area contributed by atoms with E-state index in [9.17, 15) is 0 Å². The molecule has 0 atom stereocenters. The summed E-state index contributed by atoms with van der Waals surface area (Å²) in [5, 5.41) is 0. The van der Waals surface area contributed by atoms with Gasteiger partial charge in [-0.3, -0.25) is 0 Å². The predicted octanol–water partition coefficient (Wildman–Crippen LogP) is 2.57. The van der Waals surface area contributed by atoms with Gasteiger partial charge in [-0.1, -0.05) is 12.1 Å². The maximum Gasteiger partial charge on any atom is 0.162 e. The Morgan fingerprint density at radius 1 is 1.07 bits per heavy atom. The summed E-state index contributed by atoms with van der Waals surface area (Å²) < 4.78 is 0. The van der Waals surface area contributed by atoms with Crippen molar-refractivity contribution in [1.82, 2.24) is 15.0 Å². The fourth-order valence-electron chi connectivity index (χ4n) is 1.26. The largest absolute Gasteiger partial charge is 0.222 e. The average molecular weight is 217 g/mol. The smallest absolute Gasteiger partial charge is 0.162 e. The quantitative estimate of drug-likeness (QED) is 0.725. The van der Waals surface area contributed by atoms with Crippen LogP contribution in [0.2, 0.25) is 0 Å². The van der Waals surface area contributed by atoms with E-state index in [2.05, 4.69) is 33.3 Å². The number of hydrogen-bond acceptors (Lipinski definition) is 4. The van der Waals surface area contributed by atoms with Crippen molar-refractivity contribution in [2.24, 2.45) is 0 Å². The van der Waals surface area contributed by atoms with E-state index in [4.69, 9.17) is 0 Å². The fourth-order valence-corrected chi connectivity index (χ4v) is 1.67. The molecule has 3 nitrogen and oxygen atoms in total. The van der Waals surface area contributed by atoms with Crippen LogP contribution in [0.15, 0.2) is 35.5 Å². The van der Waals surface area contributed by atoms with Gasteiger partial charge in [-0.15, -0.1) is 11.8 Å². The molecule has 0 saturated heterocycles. The topological polar surface area (TPSA) is 38.7 Å². The van der Waals surface area contributed by atoms with Crippen molar-refractivity contribution in [2.75, 3.05) is 6.26 Å². The summed E-state index contributed by atoms with van der Waals surface area (Å²) in [5.41, 5.74) is 1.03. The minimum Gasteiger partial charge on any atom is -0.222 e. The number of hydrogen-bond donors (Lipinski definition) is 0. The third kappa shape index (κ3) is 2.33. The number of nitrogens with zero attached hydrogens (tertiary/aromatic N) is 3. The molecule has 0 bridgehead atoms. The molecule has 1 aromatic carbocycles. The van der Waals surface area contributed by atoms with Crippen molar-refractivity contribution in [2.45, 2.75) is 11.8 Å². The van der Waals surface area contributed by atoms with Gasteiger partial charge < -0.3 is 0 Å². The fraction of sp³-hybridized carbons (Fsp3) is 0.182. The van der Waals surface area contributed by atoms with Crippen molar-refractivity contribution in [3.63, 3.8) is 0 Å². The van der Waals surface area contributed by atoms with E-state index < -0.39 is 0 Å². The minimum absolute atomic E-state index is 0.732. The zero-order valence-electron chi connectivity index (χ0n) is 8.64. The summed E-state index contributed by atoms with van der Waals surface area (Å²) in [6.07, 6.45) is 3.60. The van der Waals surface area contributed by atoms with Crippen LogP contribution in [-0.2, 0) is 0 Å². The van der Waals surface area contributed by atoms with Crippen LogP contribution in [-0.4, -0.2) is 21.2 Å². The Bertz CT molecular complexity index is 454. The van der Waals surface area contributed by atoms with E-state index in [1.54, 1.807) is 18.1 Å². The van der Waals surface area contributed by atoms with Gasteiger partial charge in [-0.2, -0.15) is 0 Å². The molecule has 0 radical (unpaired) electrons.